The van der Waals surface area contributed by atoms with Crippen LogP contribution in [0.1, 0.15) is 10.4 Å². The third kappa shape index (κ3) is 4.22. The van der Waals surface area contributed by atoms with Gasteiger partial charge in [-0.25, -0.2) is 23.1 Å². The van der Waals surface area contributed by atoms with Crippen LogP contribution in [0, 0.1) is 0 Å². The highest BCUT2D eigenvalue weighted by Gasteiger charge is 2.22. The smallest absolute Gasteiger partial charge is 0.240 e. The van der Waals surface area contributed by atoms with Gasteiger partial charge >= 0.3 is 0 Å². The van der Waals surface area contributed by atoms with Gasteiger partial charge in [-0.05, 0) is 67.4 Å². The van der Waals surface area contributed by atoms with Crippen LogP contribution in [0.2, 0.25) is 0 Å². The first-order chi connectivity index (χ1) is 16.0. The minimum absolute atomic E-state index is 0.177. The maximum Gasteiger partial charge on any atom is 0.240 e. The molecule has 2 aromatic heterocycles. The summed E-state index contributed by atoms with van der Waals surface area (Å²) in [6, 6.07) is 16.8. The number of aryl methyl sites for hydroxylation is 2. The molecule has 0 saturated carbocycles. The van der Waals surface area contributed by atoms with Crippen LogP contribution in [-0.4, -0.2) is 32.5 Å². The molecule has 0 spiro atoms. The molecule has 2 heterocycles. The Kier molecular flexibility index (Phi) is 5.61. The van der Waals surface area contributed by atoms with Crippen molar-refractivity contribution in [1.82, 2.24) is 14.7 Å². The van der Waals surface area contributed by atoms with Crippen LogP contribution >= 0.6 is 11.3 Å². The summed E-state index contributed by atoms with van der Waals surface area (Å²) < 4.78 is 31.9. The number of aromatic nitrogens is 2. The van der Waals surface area contributed by atoms with Gasteiger partial charge in [-0.3, -0.25) is 0 Å². The molecule has 0 bridgehead atoms. The van der Waals surface area contributed by atoms with Crippen LogP contribution in [-0.2, 0) is 22.9 Å². The monoisotopic (exact) mass is 478 g/mol. The van der Waals surface area contributed by atoms with Crippen molar-refractivity contribution in [2.24, 2.45) is 0 Å². The molecule has 0 amide bonds. The van der Waals surface area contributed by atoms with E-state index in [1.807, 2.05) is 24.4 Å². The van der Waals surface area contributed by atoms with Gasteiger partial charge in [-0.1, -0.05) is 18.2 Å². The molecular weight excluding hydrogens is 456 g/mol. The molecular formula is C24H22N4O3S2. The summed E-state index contributed by atoms with van der Waals surface area (Å²) in [6.45, 7) is 0. The Morgan fingerprint density at radius 1 is 1.06 bits per heavy atom. The molecule has 7 nitrogen and oxygen atoms in total. The standard InChI is InChI=1S/C24H22N4O3S2/c1-25-33(29,30)19-8-4-6-17(12-19)27-24-26-14-16-9-10-21-20(23(16)28-24)13-22(32-21)15-5-3-7-18(11-15)31-2/h3-8,11-14,25H,9-10H2,1-2H3,(H,26,27,28). The van der Waals surface area contributed by atoms with Gasteiger partial charge in [0.2, 0.25) is 16.0 Å². The number of ether oxygens (including phenoxy) is 1. The number of benzene rings is 2. The quantitative estimate of drug-likeness (QED) is 0.420. The van der Waals surface area contributed by atoms with Crippen LogP contribution in [0.3, 0.4) is 0 Å². The molecule has 0 fully saturated rings. The summed E-state index contributed by atoms with van der Waals surface area (Å²) in [4.78, 5) is 11.9. The summed E-state index contributed by atoms with van der Waals surface area (Å²) in [5.41, 5.74) is 4.86. The summed E-state index contributed by atoms with van der Waals surface area (Å²) in [5.74, 6) is 1.25. The van der Waals surface area contributed by atoms with E-state index in [2.05, 4.69) is 27.2 Å². The van der Waals surface area contributed by atoms with E-state index in [1.54, 1.807) is 42.7 Å². The lowest BCUT2D eigenvalue weighted by atomic mass is 9.96. The molecule has 33 heavy (non-hydrogen) atoms. The first kappa shape index (κ1) is 21.6. The summed E-state index contributed by atoms with van der Waals surface area (Å²) in [6.07, 6.45) is 3.69. The average Bonchev–Trinajstić information content (AvgIpc) is 3.29. The lowest BCUT2D eigenvalue weighted by Gasteiger charge is -2.16. The Balaban J connectivity index is 1.48. The minimum atomic E-state index is -3.53. The third-order valence-corrected chi connectivity index (χ3v) is 8.23. The first-order valence-corrected chi connectivity index (χ1v) is 12.7. The van der Waals surface area contributed by atoms with E-state index < -0.39 is 10.0 Å². The van der Waals surface area contributed by atoms with E-state index in [4.69, 9.17) is 9.72 Å². The van der Waals surface area contributed by atoms with Crippen molar-refractivity contribution in [3.63, 3.8) is 0 Å². The fraction of sp³-hybridized carbons (Fsp3) is 0.167. The van der Waals surface area contributed by atoms with Gasteiger partial charge < -0.3 is 10.1 Å². The molecule has 4 aromatic rings. The number of anilines is 2. The van der Waals surface area contributed by atoms with Crippen molar-refractivity contribution in [1.29, 1.82) is 0 Å². The SMILES string of the molecule is CNS(=O)(=O)c1cccc(Nc2ncc3c(n2)-c2cc(-c4cccc(OC)c4)sc2CC3)c1. The Morgan fingerprint density at radius 3 is 2.73 bits per heavy atom. The molecule has 0 aliphatic heterocycles. The average molecular weight is 479 g/mol. The predicted molar refractivity (Wildman–Crippen MR) is 131 cm³/mol. The number of thiophene rings is 1. The van der Waals surface area contributed by atoms with Crippen molar-refractivity contribution in [2.75, 3.05) is 19.5 Å². The van der Waals surface area contributed by atoms with Gasteiger partial charge in [-0.2, -0.15) is 0 Å². The Labute approximate surface area is 196 Å². The van der Waals surface area contributed by atoms with Gasteiger partial charge in [-0.15, -0.1) is 11.3 Å². The largest absolute Gasteiger partial charge is 0.497 e. The zero-order valence-electron chi connectivity index (χ0n) is 18.1. The van der Waals surface area contributed by atoms with Gasteiger partial charge in [0.1, 0.15) is 5.75 Å². The molecule has 2 aromatic carbocycles. The molecule has 5 rings (SSSR count). The predicted octanol–water partition coefficient (Wildman–Crippen LogP) is 4.63. The van der Waals surface area contributed by atoms with Crippen molar-refractivity contribution >= 4 is 33.0 Å². The molecule has 0 unspecified atom stereocenters. The van der Waals surface area contributed by atoms with E-state index >= 15 is 0 Å². The van der Waals surface area contributed by atoms with Gasteiger partial charge in [0.25, 0.3) is 0 Å². The zero-order chi connectivity index (χ0) is 23.0. The number of hydrogen-bond donors (Lipinski definition) is 2. The highest BCUT2D eigenvalue weighted by Crippen LogP contribution is 2.42. The first-order valence-electron chi connectivity index (χ1n) is 10.4. The summed E-state index contributed by atoms with van der Waals surface area (Å²) in [5, 5.41) is 3.15. The van der Waals surface area contributed by atoms with Crippen LogP contribution in [0.5, 0.6) is 5.75 Å². The fourth-order valence-electron chi connectivity index (χ4n) is 3.85. The van der Waals surface area contributed by atoms with Crippen molar-refractivity contribution in [3.05, 3.63) is 71.2 Å². The number of hydrogen-bond acceptors (Lipinski definition) is 7. The zero-order valence-corrected chi connectivity index (χ0v) is 19.8. The molecule has 0 radical (unpaired) electrons. The molecule has 1 aliphatic carbocycles. The summed E-state index contributed by atoms with van der Waals surface area (Å²) >= 11 is 1.78. The minimum Gasteiger partial charge on any atom is -0.497 e. The Hall–Kier alpha value is -3.27. The number of rotatable bonds is 6. The van der Waals surface area contributed by atoms with Gasteiger partial charge in [0.05, 0.1) is 17.7 Å². The lowest BCUT2D eigenvalue weighted by Crippen LogP contribution is -2.18. The second kappa shape index (κ2) is 8.58. The highest BCUT2D eigenvalue weighted by molar-refractivity contribution is 7.89. The second-order valence-corrected chi connectivity index (χ2v) is 10.6. The Morgan fingerprint density at radius 2 is 1.91 bits per heavy atom. The van der Waals surface area contributed by atoms with Crippen molar-refractivity contribution in [3.8, 4) is 27.4 Å². The van der Waals surface area contributed by atoms with Gasteiger partial charge in [0, 0.05) is 27.2 Å². The van der Waals surface area contributed by atoms with E-state index in [-0.39, 0.29) is 4.90 Å². The molecule has 168 valence electrons. The fourth-order valence-corrected chi connectivity index (χ4v) is 5.79. The number of sulfonamides is 1. The molecule has 2 N–H and O–H groups in total. The second-order valence-electron chi connectivity index (χ2n) is 7.61. The topological polar surface area (TPSA) is 93.2 Å². The van der Waals surface area contributed by atoms with Crippen LogP contribution in [0.25, 0.3) is 21.7 Å². The van der Waals surface area contributed by atoms with Crippen molar-refractivity contribution in [2.45, 2.75) is 17.7 Å². The lowest BCUT2D eigenvalue weighted by molar-refractivity contribution is 0.415. The van der Waals surface area contributed by atoms with E-state index in [0.29, 0.717) is 11.6 Å². The molecule has 1 aliphatic rings. The van der Waals surface area contributed by atoms with Crippen molar-refractivity contribution < 1.29 is 13.2 Å². The number of fused-ring (bicyclic) bond motifs is 3. The summed E-state index contributed by atoms with van der Waals surface area (Å²) in [7, 11) is -0.475. The molecule has 9 heteroatoms. The highest BCUT2D eigenvalue weighted by atomic mass is 32.2. The normalized spacial score (nSPS) is 12.7. The van der Waals surface area contributed by atoms with Crippen LogP contribution in [0.4, 0.5) is 11.6 Å². The van der Waals surface area contributed by atoms with E-state index in [1.165, 1.54) is 16.8 Å². The number of nitrogens with one attached hydrogen (secondary N) is 2. The van der Waals surface area contributed by atoms with E-state index in [9.17, 15) is 8.42 Å². The number of nitrogens with zero attached hydrogens (tertiary/aromatic N) is 2. The van der Waals surface area contributed by atoms with E-state index in [0.717, 1.165) is 41.0 Å². The Bertz CT molecular complexity index is 1450. The molecule has 0 saturated heterocycles. The molecule has 0 atom stereocenters. The van der Waals surface area contributed by atoms with Crippen LogP contribution < -0.4 is 14.8 Å². The maximum absolute atomic E-state index is 12.1. The maximum atomic E-state index is 12.1. The number of methoxy groups -OCH3 is 1. The van der Waals surface area contributed by atoms with Crippen LogP contribution in [0.15, 0.2) is 65.7 Å². The third-order valence-electron chi connectivity index (χ3n) is 5.57. The van der Waals surface area contributed by atoms with Gasteiger partial charge in [0.15, 0.2) is 0 Å².